The van der Waals surface area contributed by atoms with Crippen molar-refractivity contribution in [3.8, 4) is 5.75 Å². The summed E-state index contributed by atoms with van der Waals surface area (Å²) in [6.45, 7) is 2.56. The highest BCUT2D eigenvalue weighted by Gasteiger charge is 2.31. The number of ether oxygens (including phenoxy) is 1. The van der Waals surface area contributed by atoms with Crippen molar-refractivity contribution >= 4 is 35.0 Å². The van der Waals surface area contributed by atoms with Crippen LogP contribution in [0.5, 0.6) is 5.75 Å². The molecule has 2 aromatic carbocycles. The van der Waals surface area contributed by atoms with Crippen molar-refractivity contribution in [3.63, 3.8) is 0 Å². The monoisotopic (exact) mass is 455 g/mol. The van der Waals surface area contributed by atoms with Gasteiger partial charge in [-0.1, -0.05) is 12.1 Å². The predicted octanol–water partition coefficient (Wildman–Crippen LogP) is 2.79. The van der Waals surface area contributed by atoms with Crippen LogP contribution in [0.4, 0.5) is 20.2 Å². The Labute approximate surface area is 189 Å². The first-order valence-corrected chi connectivity index (χ1v) is 10.5. The van der Waals surface area contributed by atoms with Crippen LogP contribution in [0.15, 0.2) is 36.4 Å². The number of ketones is 1. The summed E-state index contributed by atoms with van der Waals surface area (Å²) in [7, 11) is 1.20. The lowest BCUT2D eigenvalue weighted by atomic mass is 9.96. The topological polar surface area (TPSA) is 79.0 Å². The van der Waals surface area contributed by atoms with E-state index in [0.717, 1.165) is 11.1 Å². The zero-order valence-corrected chi connectivity index (χ0v) is 18.2. The normalized spacial score (nSPS) is 17.6. The maximum atomic E-state index is 14.1. The van der Waals surface area contributed by atoms with Gasteiger partial charge < -0.3 is 19.9 Å². The molecule has 33 heavy (non-hydrogen) atoms. The zero-order chi connectivity index (χ0) is 23.7. The third-order valence-electron chi connectivity index (χ3n) is 5.84. The second-order valence-electron chi connectivity index (χ2n) is 8.08. The Morgan fingerprint density at radius 3 is 2.48 bits per heavy atom. The SMILES string of the molecule is COc1c(F)cc(N2CCN(C(=O)C(=O)Nc3ccc4c(c3)C=CC(=O)C4)C[C@H]2C)cc1F. The highest BCUT2D eigenvalue weighted by molar-refractivity contribution is 6.39. The van der Waals surface area contributed by atoms with Crippen molar-refractivity contribution in [2.24, 2.45) is 0 Å². The molecule has 2 amide bonds. The van der Waals surface area contributed by atoms with Gasteiger partial charge in [-0.05, 0) is 36.3 Å². The summed E-state index contributed by atoms with van der Waals surface area (Å²) in [5.74, 6) is -3.49. The van der Waals surface area contributed by atoms with Gasteiger partial charge in [0.2, 0.25) is 0 Å². The number of carbonyl (C=O) groups excluding carboxylic acids is 3. The van der Waals surface area contributed by atoms with Gasteiger partial charge in [0, 0.05) is 55.6 Å². The van der Waals surface area contributed by atoms with Crippen molar-refractivity contribution < 1.29 is 27.9 Å². The largest absolute Gasteiger partial charge is 0.491 e. The summed E-state index contributed by atoms with van der Waals surface area (Å²) in [5.41, 5.74) is 2.49. The van der Waals surface area contributed by atoms with E-state index < -0.39 is 29.2 Å². The Morgan fingerprint density at radius 2 is 1.82 bits per heavy atom. The Bertz CT molecular complexity index is 1140. The zero-order valence-electron chi connectivity index (χ0n) is 18.2. The predicted molar refractivity (Wildman–Crippen MR) is 119 cm³/mol. The molecule has 1 heterocycles. The van der Waals surface area contributed by atoms with Gasteiger partial charge in [-0.2, -0.15) is 0 Å². The molecule has 0 radical (unpaired) electrons. The van der Waals surface area contributed by atoms with Crippen LogP contribution in [0.1, 0.15) is 18.1 Å². The number of halogens is 2. The van der Waals surface area contributed by atoms with Crippen LogP contribution in [0.25, 0.3) is 6.08 Å². The summed E-state index contributed by atoms with van der Waals surface area (Å²) in [6.07, 6.45) is 3.48. The molecule has 0 spiro atoms. The number of nitrogens with zero attached hydrogens (tertiary/aromatic N) is 2. The summed E-state index contributed by atoms with van der Waals surface area (Å²) in [6, 6.07) is 7.25. The number of allylic oxidation sites excluding steroid dienone is 1. The molecule has 2 aliphatic rings. The lowest BCUT2D eigenvalue weighted by molar-refractivity contribution is -0.143. The van der Waals surface area contributed by atoms with E-state index in [-0.39, 0.29) is 24.9 Å². The molecule has 0 unspecified atom stereocenters. The Balaban J connectivity index is 1.40. The standard InChI is InChI=1S/C24H23F2N3O4/c1-14-13-28(7-8-29(14)18-11-20(25)22(33-2)21(26)12-18)24(32)23(31)27-17-5-3-16-10-19(30)6-4-15(16)9-17/h3-6,9,11-12,14H,7-8,10,13H2,1-2H3,(H,27,31)/t14-/m1/s1. The molecule has 0 aromatic heterocycles. The number of amides is 2. The van der Waals surface area contributed by atoms with E-state index in [1.54, 1.807) is 29.2 Å². The third-order valence-corrected chi connectivity index (χ3v) is 5.84. The molecule has 1 aliphatic heterocycles. The summed E-state index contributed by atoms with van der Waals surface area (Å²) in [4.78, 5) is 40.0. The molecule has 1 saturated heterocycles. The van der Waals surface area contributed by atoms with E-state index in [0.29, 0.717) is 24.3 Å². The molecule has 9 heteroatoms. The molecule has 1 aliphatic carbocycles. The highest BCUT2D eigenvalue weighted by atomic mass is 19.1. The molecule has 1 atom stereocenters. The van der Waals surface area contributed by atoms with Crippen molar-refractivity contribution in [1.82, 2.24) is 4.90 Å². The first-order valence-electron chi connectivity index (χ1n) is 10.5. The van der Waals surface area contributed by atoms with Crippen LogP contribution < -0.4 is 15.0 Å². The molecule has 7 nitrogen and oxygen atoms in total. The van der Waals surface area contributed by atoms with Gasteiger partial charge in [0.05, 0.1) is 7.11 Å². The van der Waals surface area contributed by atoms with Crippen LogP contribution in [0.2, 0.25) is 0 Å². The van der Waals surface area contributed by atoms with E-state index in [1.165, 1.54) is 30.2 Å². The van der Waals surface area contributed by atoms with Gasteiger partial charge in [0.25, 0.3) is 0 Å². The molecule has 0 saturated carbocycles. The lowest BCUT2D eigenvalue weighted by Crippen LogP contribution is -2.55. The Morgan fingerprint density at radius 1 is 1.09 bits per heavy atom. The molecule has 2 aromatic rings. The third kappa shape index (κ3) is 4.57. The van der Waals surface area contributed by atoms with Gasteiger partial charge in [-0.15, -0.1) is 0 Å². The Kier molecular flexibility index (Phi) is 6.13. The average Bonchev–Trinajstić information content (AvgIpc) is 2.78. The van der Waals surface area contributed by atoms with Crippen LogP contribution in [0, 0.1) is 11.6 Å². The van der Waals surface area contributed by atoms with Crippen LogP contribution in [0.3, 0.4) is 0 Å². The van der Waals surface area contributed by atoms with Gasteiger partial charge in [0.1, 0.15) is 0 Å². The maximum Gasteiger partial charge on any atom is 0.313 e. The molecular weight excluding hydrogens is 432 g/mol. The maximum absolute atomic E-state index is 14.1. The first-order chi connectivity index (χ1) is 15.8. The quantitative estimate of drug-likeness (QED) is 0.721. The van der Waals surface area contributed by atoms with Crippen LogP contribution in [-0.4, -0.2) is 55.3 Å². The van der Waals surface area contributed by atoms with Gasteiger partial charge in [-0.3, -0.25) is 14.4 Å². The smallest absolute Gasteiger partial charge is 0.313 e. The molecule has 172 valence electrons. The fraction of sp³-hybridized carbons (Fsp3) is 0.292. The summed E-state index contributed by atoms with van der Waals surface area (Å²) in [5, 5.41) is 2.61. The van der Waals surface area contributed by atoms with E-state index >= 15 is 0 Å². The second kappa shape index (κ2) is 9.01. The number of hydrogen-bond donors (Lipinski definition) is 1. The van der Waals surface area contributed by atoms with E-state index in [2.05, 4.69) is 5.32 Å². The van der Waals surface area contributed by atoms with Crippen LogP contribution >= 0.6 is 0 Å². The molecular formula is C24H23F2N3O4. The van der Waals surface area contributed by atoms with Crippen LogP contribution in [-0.2, 0) is 20.8 Å². The lowest BCUT2D eigenvalue weighted by Gasteiger charge is -2.41. The van der Waals surface area contributed by atoms with E-state index in [4.69, 9.17) is 4.74 Å². The van der Waals surface area contributed by atoms with Crippen molar-refractivity contribution in [2.45, 2.75) is 19.4 Å². The van der Waals surface area contributed by atoms with E-state index in [1.807, 2.05) is 6.92 Å². The van der Waals surface area contributed by atoms with Gasteiger partial charge in [0.15, 0.2) is 23.2 Å². The minimum absolute atomic E-state index is 0.0165. The minimum atomic E-state index is -0.804. The molecule has 1 N–H and O–H groups in total. The van der Waals surface area contributed by atoms with Crippen molar-refractivity contribution in [1.29, 1.82) is 0 Å². The van der Waals surface area contributed by atoms with E-state index in [9.17, 15) is 23.2 Å². The number of hydrogen-bond acceptors (Lipinski definition) is 5. The van der Waals surface area contributed by atoms with Gasteiger partial charge in [-0.25, -0.2) is 8.78 Å². The number of carbonyl (C=O) groups is 3. The molecule has 4 rings (SSSR count). The summed E-state index contributed by atoms with van der Waals surface area (Å²) >= 11 is 0. The Hall–Kier alpha value is -3.75. The van der Waals surface area contributed by atoms with Crippen molar-refractivity contribution in [2.75, 3.05) is 37.0 Å². The average molecular weight is 455 g/mol. The number of piperazine rings is 1. The molecule has 0 bridgehead atoms. The number of fused-ring (bicyclic) bond motifs is 1. The minimum Gasteiger partial charge on any atom is -0.491 e. The fourth-order valence-corrected chi connectivity index (χ4v) is 4.18. The van der Waals surface area contributed by atoms with Gasteiger partial charge >= 0.3 is 11.8 Å². The highest BCUT2D eigenvalue weighted by Crippen LogP contribution is 2.29. The second-order valence-corrected chi connectivity index (χ2v) is 8.08. The summed E-state index contributed by atoms with van der Waals surface area (Å²) < 4.78 is 32.9. The molecule has 1 fully saturated rings. The first kappa shape index (κ1) is 22.4. The number of benzene rings is 2. The number of anilines is 2. The number of methoxy groups -OCH3 is 1. The number of rotatable bonds is 3. The fourth-order valence-electron chi connectivity index (χ4n) is 4.18. The number of nitrogens with one attached hydrogen (secondary N) is 1. The van der Waals surface area contributed by atoms with Crippen molar-refractivity contribution in [3.05, 3.63) is 59.2 Å².